The molecule has 0 saturated heterocycles. The number of hydrogen-bond acceptors (Lipinski definition) is 5. The van der Waals surface area contributed by atoms with Gasteiger partial charge in [-0.1, -0.05) is 30.3 Å². The summed E-state index contributed by atoms with van der Waals surface area (Å²) in [6.45, 7) is 0.467. The van der Waals surface area contributed by atoms with E-state index in [1.165, 1.54) is 0 Å². The Labute approximate surface area is 155 Å². The number of rotatable bonds is 5. The summed E-state index contributed by atoms with van der Waals surface area (Å²) >= 11 is 0. The van der Waals surface area contributed by atoms with Gasteiger partial charge in [-0.15, -0.1) is 10.2 Å². The number of aromatic nitrogens is 6. The van der Waals surface area contributed by atoms with Crippen molar-refractivity contribution in [3.8, 4) is 17.1 Å². The molecule has 27 heavy (non-hydrogen) atoms. The fourth-order valence-corrected chi connectivity index (χ4v) is 2.91. The summed E-state index contributed by atoms with van der Waals surface area (Å²) < 4.78 is 1.79. The third kappa shape index (κ3) is 3.45. The molecule has 4 aromatic rings. The van der Waals surface area contributed by atoms with E-state index in [2.05, 4.69) is 25.7 Å². The molecule has 2 aromatic heterocycles. The van der Waals surface area contributed by atoms with Gasteiger partial charge in [-0.2, -0.15) is 10.3 Å². The number of tetrazole rings is 1. The van der Waals surface area contributed by atoms with Crippen molar-refractivity contribution in [1.82, 2.24) is 35.3 Å². The number of carbonyl (C=O) groups is 1. The Kier molecular flexibility index (Phi) is 4.44. The Morgan fingerprint density at radius 2 is 2.04 bits per heavy atom. The molecule has 0 aliphatic rings. The Bertz CT molecular complexity index is 1040. The van der Waals surface area contributed by atoms with Gasteiger partial charge in [0.05, 0.1) is 11.3 Å². The van der Waals surface area contributed by atoms with Crippen LogP contribution >= 0.6 is 0 Å². The van der Waals surface area contributed by atoms with Gasteiger partial charge in [-0.05, 0) is 35.0 Å². The predicted octanol–water partition coefficient (Wildman–Crippen LogP) is 2.32. The first-order valence-electron chi connectivity index (χ1n) is 8.39. The van der Waals surface area contributed by atoms with Gasteiger partial charge in [0.1, 0.15) is 0 Å². The summed E-state index contributed by atoms with van der Waals surface area (Å²) in [5.41, 5.74) is 3.14. The summed E-state index contributed by atoms with van der Waals surface area (Å²) in [4.78, 5) is 14.7. The first-order valence-corrected chi connectivity index (χ1v) is 8.39. The average Bonchev–Trinajstić information content (AvgIpc) is 3.41. The standard InChI is InChI=1S/C19H17N7O/c1-25(13-14-6-4-7-15(12-14)26-11-5-10-20-26)19(27)17-9-3-2-8-16(17)18-21-23-24-22-18/h2-12H,13H2,1H3,(H,21,22,23,24). The van der Waals surface area contributed by atoms with Crippen molar-refractivity contribution in [2.24, 2.45) is 0 Å². The number of nitrogens with zero attached hydrogens (tertiary/aromatic N) is 6. The molecule has 0 saturated carbocycles. The predicted molar refractivity (Wildman–Crippen MR) is 99.0 cm³/mol. The quantitative estimate of drug-likeness (QED) is 0.590. The Hall–Kier alpha value is -3.81. The van der Waals surface area contributed by atoms with E-state index in [1.54, 1.807) is 28.9 Å². The first-order chi connectivity index (χ1) is 13.2. The largest absolute Gasteiger partial charge is 0.337 e. The zero-order valence-corrected chi connectivity index (χ0v) is 14.6. The van der Waals surface area contributed by atoms with Crippen LogP contribution in [0.1, 0.15) is 15.9 Å². The van der Waals surface area contributed by atoms with Crippen LogP contribution in [0.25, 0.3) is 17.1 Å². The van der Waals surface area contributed by atoms with Crippen LogP contribution in [-0.4, -0.2) is 48.3 Å². The molecular formula is C19H17N7O. The Morgan fingerprint density at radius 1 is 1.15 bits per heavy atom. The normalized spacial score (nSPS) is 10.7. The number of H-pyrrole nitrogens is 1. The van der Waals surface area contributed by atoms with Gasteiger partial charge in [0.2, 0.25) is 5.82 Å². The van der Waals surface area contributed by atoms with E-state index >= 15 is 0 Å². The van der Waals surface area contributed by atoms with Gasteiger partial charge in [0.25, 0.3) is 5.91 Å². The Morgan fingerprint density at radius 3 is 2.81 bits per heavy atom. The van der Waals surface area contributed by atoms with Crippen molar-refractivity contribution in [1.29, 1.82) is 0 Å². The molecule has 0 bridgehead atoms. The van der Waals surface area contributed by atoms with Gasteiger partial charge in [0.15, 0.2) is 0 Å². The minimum absolute atomic E-state index is 0.111. The van der Waals surface area contributed by atoms with Gasteiger partial charge in [0, 0.05) is 31.5 Å². The summed E-state index contributed by atoms with van der Waals surface area (Å²) in [5.74, 6) is 0.285. The smallest absolute Gasteiger partial charge is 0.254 e. The third-order valence-corrected chi connectivity index (χ3v) is 4.19. The molecule has 1 N–H and O–H groups in total. The van der Waals surface area contributed by atoms with E-state index in [0.717, 1.165) is 11.3 Å². The summed E-state index contributed by atoms with van der Waals surface area (Å²) in [6.07, 6.45) is 3.62. The molecule has 8 heteroatoms. The van der Waals surface area contributed by atoms with Crippen LogP contribution in [-0.2, 0) is 6.54 Å². The van der Waals surface area contributed by atoms with E-state index in [0.29, 0.717) is 23.5 Å². The van der Waals surface area contributed by atoms with Crippen molar-refractivity contribution in [3.63, 3.8) is 0 Å². The fourth-order valence-electron chi connectivity index (χ4n) is 2.91. The summed E-state index contributed by atoms with van der Waals surface area (Å²) in [5, 5.41) is 18.2. The third-order valence-electron chi connectivity index (χ3n) is 4.19. The second kappa shape index (κ2) is 7.20. The fraction of sp³-hybridized carbons (Fsp3) is 0.105. The second-order valence-corrected chi connectivity index (χ2v) is 6.06. The maximum absolute atomic E-state index is 13.0. The topological polar surface area (TPSA) is 92.6 Å². The van der Waals surface area contributed by atoms with Crippen LogP contribution in [0.3, 0.4) is 0 Å². The number of carbonyl (C=O) groups excluding carboxylic acids is 1. The van der Waals surface area contributed by atoms with Crippen LogP contribution in [0.2, 0.25) is 0 Å². The molecule has 134 valence electrons. The molecule has 0 atom stereocenters. The summed E-state index contributed by atoms with van der Waals surface area (Å²) in [6, 6.07) is 17.1. The van der Waals surface area contributed by atoms with Gasteiger partial charge < -0.3 is 4.90 Å². The molecule has 1 amide bonds. The van der Waals surface area contributed by atoms with Gasteiger partial charge in [-0.25, -0.2) is 4.68 Å². The number of nitrogens with one attached hydrogen (secondary N) is 1. The molecule has 4 rings (SSSR count). The number of benzene rings is 2. The zero-order chi connectivity index (χ0) is 18.6. The molecular weight excluding hydrogens is 342 g/mol. The molecule has 0 fully saturated rings. The minimum Gasteiger partial charge on any atom is -0.337 e. The van der Waals surface area contributed by atoms with Crippen molar-refractivity contribution >= 4 is 5.91 Å². The highest BCUT2D eigenvalue weighted by Gasteiger charge is 2.18. The number of aromatic amines is 1. The molecule has 0 spiro atoms. The molecule has 0 radical (unpaired) electrons. The average molecular weight is 359 g/mol. The van der Waals surface area contributed by atoms with E-state index in [9.17, 15) is 4.79 Å². The molecule has 8 nitrogen and oxygen atoms in total. The van der Waals surface area contributed by atoms with Crippen LogP contribution < -0.4 is 0 Å². The first kappa shape index (κ1) is 16.6. The van der Waals surface area contributed by atoms with Gasteiger partial charge >= 0.3 is 0 Å². The maximum Gasteiger partial charge on any atom is 0.254 e. The van der Waals surface area contributed by atoms with Crippen LogP contribution in [0.5, 0.6) is 0 Å². The van der Waals surface area contributed by atoms with E-state index < -0.39 is 0 Å². The highest BCUT2D eigenvalue weighted by atomic mass is 16.2. The van der Waals surface area contributed by atoms with E-state index in [4.69, 9.17) is 0 Å². The lowest BCUT2D eigenvalue weighted by atomic mass is 10.1. The lowest BCUT2D eigenvalue weighted by Crippen LogP contribution is -2.26. The summed E-state index contributed by atoms with van der Waals surface area (Å²) in [7, 11) is 1.77. The van der Waals surface area contributed by atoms with Gasteiger partial charge in [-0.3, -0.25) is 4.79 Å². The SMILES string of the molecule is CN(Cc1cccc(-n2cccn2)c1)C(=O)c1ccccc1-c1nn[nH]n1. The van der Waals surface area contributed by atoms with Crippen molar-refractivity contribution in [2.45, 2.75) is 6.54 Å². The maximum atomic E-state index is 13.0. The van der Waals surface area contributed by atoms with Crippen LogP contribution in [0.4, 0.5) is 0 Å². The lowest BCUT2D eigenvalue weighted by molar-refractivity contribution is 0.0786. The number of amides is 1. The lowest BCUT2D eigenvalue weighted by Gasteiger charge is -2.19. The van der Waals surface area contributed by atoms with Crippen LogP contribution in [0, 0.1) is 0 Å². The van der Waals surface area contributed by atoms with Crippen molar-refractivity contribution in [3.05, 3.63) is 78.1 Å². The number of hydrogen-bond donors (Lipinski definition) is 1. The van der Waals surface area contributed by atoms with E-state index in [-0.39, 0.29) is 5.91 Å². The Balaban J connectivity index is 1.57. The molecule has 0 unspecified atom stereocenters. The second-order valence-electron chi connectivity index (χ2n) is 6.06. The highest BCUT2D eigenvalue weighted by Crippen LogP contribution is 2.21. The monoisotopic (exact) mass is 359 g/mol. The minimum atomic E-state index is -0.111. The molecule has 2 aromatic carbocycles. The zero-order valence-electron chi connectivity index (χ0n) is 14.6. The highest BCUT2D eigenvalue weighted by molar-refractivity contribution is 5.99. The molecule has 0 aliphatic heterocycles. The molecule has 2 heterocycles. The van der Waals surface area contributed by atoms with Crippen molar-refractivity contribution < 1.29 is 4.79 Å². The van der Waals surface area contributed by atoms with E-state index in [1.807, 2.05) is 54.7 Å². The molecule has 0 aliphatic carbocycles. The van der Waals surface area contributed by atoms with Crippen molar-refractivity contribution in [2.75, 3.05) is 7.05 Å². The van der Waals surface area contributed by atoms with Crippen LogP contribution in [0.15, 0.2) is 67.0 Å².